The minimum absolute atomic E-state index is 0.144. The van der Waals surface area contributed by atoms with Gasteiger partial charge in [-0.1, -0.05) is 11.6 Å². The Kier molecular flexibility index (Phi) is 6.50. The highest BCUT2D eigenvalue weighted by molar-refractivity contribution is 7.99. The molecule has 0 spiro atoms. The molecular weight excluding hydrogens is 334 g/mol. The molecule has 1 N–H and O–H groups in total. The van der Waals surface area contributed by atoms with E-state index in [0.29, 0.717) is 28.6 Å². The van der Waals surface area contributed by atoms with Crippen molar-refractivity contribution in [2.75, 3.05) is 11.1 Å². The predicted molar refractivity (Wildman–Crippen MR) is 93.2 cm³/mol. The molecule has 0 aliphatic heterocycles. The SMILES string of the molecule is CC(=O)Nc1ccc(OC(=O)CCSc2ccc(Cl)cc2)cc1. The maximum atomic E-state index is 11.8. The minimum atomic E-state index is -0.293. The number of esters is 1. The lowest BCUT2D eigenvalue weighted by Crippen LogP contribution is -2.09. The van der Waals surface area contributed by atoms with Gasteiger partial charge in [0.2, 0.25) is 5.91 Å². The number of halogens is 1. The van der Waals surface area contributed by atoms with Gasteiger partial charge in [0.05, 0.1) is 6.42 Å². The normalized spacial score (nSPS) is 10.2. The van der Waals surface area contributed by atoms with Crippen molar-refractivity contribution >= 4 is 40.9 Å². The van der Waals surface area contributed by atoms with Gasteiger partial charge in [-0.05, 0) is 48.5 Å². The summed E-state index contributed by atoms with van der Waals surface area (Å²) in [5, 5.41) is 3.34. The first-order chi connectivity index (χ1) is 11.0. The predicted octanol–water partition coefficient (Wildman–Crippen LogP) is 4.39. The van der Waals surface area contributed by atoms with E-state index in [9.17, 15) is 9.59 Å². The number of ether oxygens (including phenoxy) is 1. The van der Waals surface area contributed by atoms with Crippen LogP contribution in [0.15, 0.2) is 53.4 Å². The summed E-state index contributed by atoms with van der Waals surface area (Å²) in [4.78, 5) is 23.8. The van der Waals surface area contributed by atoms with E-state index in [1.165, 1.54) is 6.92 Å². The highest BCUT2D eigenvalue weighted by Gasteiger charge is 2.06. The van der Waals surface area contributed by atoms with Crippen LogP contribution in [0.1, 0.15) is 13.3 Å². The average molecular weight is 350 g/mol. The van der Waals surface area contributed by atoms with Crippen molar-refractivity contribution in [2.24, 2.45) is 0 Å². The summed E-state index contributed by atoms with van der Waals surface area (Å²) < 4.78 is 5.25. The lowest BCUT2D eigenvalue weighted by atomic mass is 10.3. The summed E-state index contributed by atoms with van der Waals surface area (Å²) in [6, 6.07) is 14.1. The second-order valence-electron chi connectivity index (χ2n) is 4.73. The largest absolute Gasteiger partial charge is 0.427 e. The van der Waals surface area contributed by atoms with Crippen LogP contribution in [0.25, 0.3) is 0 Å². The molecule has 0 unspecified atom stereocenters. The molecule has 6 heteroatoms. The topological polar surface area (TPSA) is 55.4 Å². The third kappa shape index (κ3) is 6.34. The van der Waals surface area contributed by atoms with Crippen molar-refractivity contribution < 1.29 is 14.3 Å². The molecule has 0 heterocycles. The Bertz CT molecular complexity index is 671. The van der Waals surface area contributed by atoms with Gasteiger partial charge in [0.15, 0.2) is 0 Å². The van der Waals surface area contributed by atoms with E-state index in [1.54, 1.807) is 36.0 Å². The Hall–Kier alpha value is -1.98. The zero-order chi connectivity index (χ0) is 16.7. The van der Waals surface area contributed by atoms with Gasteiger partial charge < -0.3 is 10.1 Å². The summed E-state index contributed by atoms with van der Waals surface area (Å²) >= 11 is 7.39. The summed E-state index contributed by atoms with van der Waals surface area (Å²) in [6.45, 7) is 1.44. The maximum absolute atomic E-state index is 11.8. The quantitative estimate of drug-likeness (QED) is 0.477. The van der Waals surface area contributed by atoms with Gasteiger partial charge in [-0.25, -0.2) is 0 Å². The van der Waals surface area contributed by atoms with E-state index in [0.717, 1.165) is 4.90 Å². The van der Waals surface area contributed by atoms with E-state index in [-0.39, 0.29) is 11.9 Å². The molecule has 2 rings (SSSR count). The second-order valence-corrected chi connectivity index (χ2v) is 6.34. The molecule has 0 radical (unpaired) electrons. The van der Waals surface area contributed by atoms with E-state index in [2.05, 4.69) is 5.32 Å². The third-order valence-electron chi connectivity index (χ3n) is 2.79. The summed E-state index contributed by atoms with van der Waals surface area (Å²) in [5.41, 5.74) is 0.663. The average Bonchev–Trinajstić information content (AvgIpc) is 2.51. The van der Waals surface area contributed by atoms with Crippen LogP contribution in [-0.2, 0) is 9.59 Å². The number of benzene rings is 2. The molecule has 120 valence electrons. The van der Waals surface area contributed by atoms with Gasteiger partial charge in [0.25, 0.3) is 0 Å². The van der Waals surface area contributed by atoms with Crippen LogP contribution >= 0.6 is 23.4 Å². The van der Waals surface area contributed by atoms with Crippen LogP contribution in [0.5, 0.6) is 5.75 Å². The van der Waals surface area contributed by atoms with E-state index < -0.39 is 0 Å². The molecule has 0 saturated heterocycles. The van der Waals surface area contributed by atoms with Gasteiger partial charge in [-0.15, -0.1) is 11.8 Å². The van der Waals surface area contributed by atoms with E-state index >= 15 is 0 Å². The fourth-order valence-electron chi connectivity index (χ4n) is 1.78. The van der Waals surface area contributed by atoms with Gasteiger partial charge >= 0.3 is 5.97 Å². The maximum Gasteiger partial charge on any atom is 0.312 e. The molecule has 2 aromatic carbocycles. The number of carbonyl (C=O) groups is 2. The first-order valence-electron chi connectivity index (χ1n) is 6.99. The molecular formula is C17H16ClNO3S. The number of anilines is 1. The molecule has 0 aliphatic carbocycles. The van der Waals surface area contributed by atoms with Crippen LogP contribution in [0, 0.1) is 0 Å². The van der Waals surface area contributed by atoms with Gasteiger partial charge in [-0.3, -0.25) is 9.59 Å². The number of nitrogens with one attached hydrogen (secondary N) is 1. The van der Waals surface area contributed by atoms with Crippen molar-refractivity contribution in [3.8, 4) is 5.75 Å². The number of hydrogen-bond acceptors (Lipinski definition) is 4. The zero-order valence-electron chi connectivity index (χ0n) is 12.5. The Labute approximate surface area is 144 Å². The van der Waals surface area contributed by atoms with Crippen molar-refractivity contribution in [1.82, 2.24) is 0 Å². The zero-order valence-corrected chi connectivity index (χ0v) is 14.1. The molecule has 2 aromatic rings. The minimum Gasteiger partial charge on any atom is -0.427 e. The highest BCUT2D eigenvalue weighted by Crippen LogP contribution is 2.21. The van der Waals surface area contributed by atoms with Crippen molar-refractivity contribution in [1.29, 1.82) is 0 Å². The first-order valence-corrected chi connectivity index (χ1v) is 8.36. The molecule has 0 saturated carbocycles. The number of amides is 1. The lowest BCUT2D eigenvalue weighted by Gasteiger charge is -2.06. The Morgan fingerprint density at radius 1 is 1.09 bits per heavy atom. The molecule has 0 bridgehead atoms. The highest BCUT2D eigenvalue weighted by atomic mass is 35.5. The molecule has 0 aliphatic rings. The molecule has 0 atom stereocenters. The second kappa shape index (κ2) is 8.60. The Morgan fingerprint density at radius 2 is 1.74 bits per heavy atom. The van der Waals surface area contributed by atoms with Crippen molar-refractivity contribution in [3.63, 3.8) is 0 Å². The summed E-state index contributed by atoms with van der Waals surface area (Å²) in [7, 11) is 0. The number of hydrogen-bond donors (Lipinski definition) is 1. The lowest BCUT2D eigenvalue weighted by molar-refractivity contribution is -0.133. The van der Waals surface area contributed by atoms with Crippen LogP contribution in [0.4, 0.5) is 5.69 Å². The van der Waals surface area contributed by atoms with E-state index in [4.69, 9.17) is 16.3 Å². The molecule has 23 heavy (non-hydrogen) atoms. The van der Waals surface area contributed by atoms with Gasteiger partial charge in [0, 0.05) is 28.3 Å². The first kappa shape index (κ1) is 17.4. The van der Waals surface area contributed by atoms with Crippen LogP contribution in [0.2, 0.25) is 5.02 Å². The fourth-order valence-corrected chi connectivity index (χ4v) is 2.73. The molecule has 4 nitrogen and oxygen atoms in total. The smallest absolute Gasteiger partial charge is 0.312 e. The number of carbonyl (C=O) groups excluding carboxylic acids is 2. The molecule has 1 amide bonds. The van der Waals surface area contributed by atoms with Crippen LogP contribution < -0.4 is 10.1 Å². The standard InChI is InChI=1S/C17H16ClNO3S/c1-12(20)19-14-4-6-15(7-5-14)22-17(21)10-11-23-16-8-2-13(18)3-9-16/h2-9H,10-11H2,1H3,(H,19,20). The van der Waals surface area contributed by atoms with Crippen molar-refractivity contribution in [3.05, 3.63) is 53.6 Å². The Balaban J connectivity index is 1.76. The van der Waals surface area contributed by atoms with Crippen LogP contribution in [0.3, 0.4) is 0 Å². The monoisotopic (exact) mass is 349 g/mol. The summed E-state index contributed by atoms with van der Waals surface area (Å²) in [6.07, 6.45) is 0.306. The number of thioether (sulfide) groups is 1. The molecule has 0 aromatic heterocycles. The summed E-state index contributed by atoms with van der Waals surface area (Å²) in [5.74, 6) is 0.651. The van der Waals surface area contributed by atoms with Crippen LogP contribution in [-0.4, -0.2) is 17.6 Å². The third-order valence-corrected chi connectivity index (χ3v) is 4.06. The Morgan fingerprint density at radius 3 is 2.35 bits per heavy atom. The molecule has 0 fully saturated rings. The fraction of sp³-hybridized carbons (Fsp3) is 0.176. The number of rotatable bonds is 6. The van der Waals surface area contributed by atoms with Gasteiger partial charge in [-0.2, -0.15) is 0 Å². The van der Waals surface area contributed by atoms with E-state index in [1.807, 2.05) is 24.3 Å². The van der Waals surface area contributed by atoms with Gasteiger partial charge in [0.1, 0.15) is 5.75 Å². The van der Waals surface area contributed by atoms with Crippen molar-refractivity contribution in [2.45, 2.75) is 18.2 Å².